The van der Waals surface area contributed by atoms with Gasteiger partial charge in [-0.25, -0.2) is 4.98 Å². The number of pyridine rings is 1. The number of rotatable bonds is 3. The molecule has 0 bridgehead atoms. The van der Waals surface area contributed by atoms with Crippen LogP contribution in [0.25, 0.3) is 11.0 Å². The van der Waals surface area contributed by atoms with Crippen molar-refractivity contribution in [3.05, 3.63) is 59.2 Å². The second-order valence-corrected chi connectivity index (χ2v) is 6.09. The second kappa shape index (κ2) is 5.49. The zero-order valence-corrected chi connectivity index (χ0v) is 13.2. The minimum Gasteiger partial charge on any atom is -0.321 e. The van der Waals surface area contributed by atoms with Crippen molar-refractivity contribution >= 4 is 22.6 Å². The van der Waals surface area contributed by atoms with E-state index in [0.717, 1.165) is 22.6 Å². The summed E-state index contributed by atoms with van der Waals surface area (Å²) in [6.07, 6.45) is 1.83. The van der Waals surface area contributed by atoms with Crippen LogP contribution in [-0.4, -0.2) is 14.5 Å². The van der Waals surface area contributed by atoms with Gasteiger partial charge >= 0.3 is 0 Å². The molecule has 0 radical (unpaired) electrons. The molecule has 0 aliphatic rings. The van der Waals surface area contributed by atoms with Crippen molar-refractivity contribution in [3.8, 4) is 0 Å². The standard InChI is InChI=1S/C17H18ClN3/c1-11-6-7-16-14(9-11)20-17(13(3)18)21(16)10-15-12(2)5-4-8-19-15/h4-9,13H,10H2,1-3H3. The smallest absolute Gasteiger partial charge is 0.128 e. The van der Waals surface area contributed by atoms with E-state index in [-0.39, 0.29) is 5.38 Å². The molecule has 0 spiro atoms. The van der Waals surface area contributed by atoms with Gasteiger partial charge in [-0.15, -0.1) is 11.6 Å². The van der Waals surface area contributed by atoms with E-state index in [4.69, 9.17) is 16.6 Å². The molecule has 2 aromatic heterocycles. The van der Waals surface area contributed by atoms with Gasteiger partial charge in [0.1, 0.15) is 5.82 Å². The normalized spacial score (nSPS) is 12.8. The van der Waals surface area contributed by atoms with Crippen LogP contribution in [0.15, 0.2) is 36.5 Å². The highest BCUT2D eigenvalue weighted by atomic mass is 35.5. The molecule has 1 aromatic carbocycles. The van der Waals surface area contributed by atoms with Crippen molar-refractivity contribution in [2.75, 3.05) is 0 Å². The zero-order chi connectivity index (χ0) is 15.0. The highest BCUT2D eigenvalue weighted by molar-refractivity contribution is 6.20. The number of alkyl halides is 1. The van der Waals surface area contributed by atoms with Crippen molar-refractivity contribution in [1.29, 1.82) is 0 Å². The Morgan fingerprint density at radius 1 is 1.24 bits per heavy atom. The van der Waals surface area contributed by atoms with Gasteiger partial charge in [0, 0.05) is 6.20 Å². The molecule has 3 aromatic rings. The monoisotopic (exact) mass is 299 g/mol. The van der Waals surface area contributed by atoms with Crippen LogP contribution < -0.4 is 0 Å². The lowest BCUT2D eigenvalue weighted by Gasteiger charge is -2.11. The van der Waals surface area contributed by atoms with E-state index in [1.165, 1.54) is 11.1 Å². The fourth-order valence-electron chi connectivity index (χ4n) is 2.56. The van der Waals surface area contributed by atoms with E-state index in [0.29, 0.717) is 6.54 Å². The third-order valence-electron chi connectivity index (χ3n) is 3.71. The summed E-state index contributed by atoms with van der Waals surface area (Å²) in [6, 6.07) is 10.3. The van der Waals surface area contributed by atoms with Crippen LogP contribution in [0.4, 0.5) is 0 Å². The van der Waals surface area contributed by atoms with Gasteiger partial charge in [-0.05, 0) is 50.1 Å². The van der Waals surface area contributed by atoms with Gasteiger partial charge in [-0.3, -0.25) is 4.98 Å². The SMILES string of the molecule is Cc1ccc2c(c1)nc(C(C)Cl)n2Cc1ncccc1C. The Bertz CT molecular complexity index is 790. The summed E-state index contributed by atoms with van der Waals surface area (Å²) in [5.74, 6) is 0.891. The minimum absolute atomic E-state index is 0.137. The van der Waals surface area contributed by atoms with Gasteiger partial charge in [0.05, 0.1) is 28.6 Å². The topological polar surface area (TPSA) is 30.7 Å². The Balaban J connectivity index is 2.16. The average Bonchev–Trinajstić information content (AvgIpc) is 2.79. The maximum atomic E-state index is 6.32. The molecule has 0 N–H and O–H groups in total. The van der Waals surface area contributed by atoms with E-state index in [1.54, 1.807) is 0 Å². The number of aromatic nitrogens is 3. The first kappa shape index (κ1) is 14.1. The molecule has 3 nitrogen and oxygen atoms in total. The van der Waals surface area contributed by atoms with Crippen LogP contribution >= 0.6 is 11.6 Å². The third-order valence-corrected chi connectivity index (χ3v) is 3.91. The predicted octanol–water partition coefficient (Wildman–Crippen LogP) is 4.40. The Labute approximate surface area is 129 Å². The summed E-state index contributed by atoms with van der Waals surface area (Å²) in [5.41, 5.74) is 5.53. The first-order valence-corrected chi connectivity index (χ1v) is 7.51. The molecular formula is C17H18ClN3. The number of fused-ring (bicyclic) bond motifs is 1. The molecule has 0 saturated heterocycles. The molecular weight excluding hydrogens is 282 g/mol. The van der Waals surface area contributed by atoms with Crippen molar-refractivity contribution in [3.63, 3.8) is 0 Å². The Morgan fingerprint density at radius 3 is 2.76 bits per heavy atom. The van der Waals surface area contributed by atoms with Crippen LogP contribution in [0, 0.1) is 13.8 Å². The first-order chi connectivity index (χ1) is 10.1. The Morgan fingerprint density at radius 2 is 2.05 bits per heavy atom. The molecule has 3 rings (SSSR count). The minimum atomic E-state index is -0.137. The fourth-order valence-corrected chi connectivity index (χ4v) is 2.73. The van der Waals surface area contributed by atoms with Gasteiger partial charge in [0.15, 0.2) is 0 Å². The summed E-state index contributed by atoms with van der Waals surface area (Å²) in [7, 11) is 0. The molecule has 108 valence electrons. The number of halogens is 1. The van der Waals surface area contributed by atoms with E-state index in [9.17, 15) is 0 Å². The lowest BCUT2D eigenvalue weighted by Crippen LogP contribution is -2.08. The van der Waals surface area contributed by atoms with Gasteiger partial charge in [-0.2, -0.15) is 0 Å². The molecule has 0 aliphatic heterocycles. The van der Waals surface area contributed by atoms with E-state index >= 15 is 0 Å². The molecule has 1 unspecified atom stereocenters. The molecule has 0 aliphatic carbocycles. The summed E-state index contributed by atoms with van der Waals surface area (Å²) in [5, 5.41) is -0.137. The van der Waals surface area contributed by atoms with Crippen molar-refractivity contribution in [2.24, 2.45) is 0 Å². The number of aryl methyl sites for hydroxylation is 2. The second-order valence-electron chi connectivity index (χ2n) is 5.43. The lowest BCUT2D eigenvalue weighted by atomic mass is 10.2. The molecule has 0 amide bonds. The van der Waals surface area contributed by atoms with E-state index in [1.807, 2.05) is 19.2 Å². The van der Waals surface area contributed by atoms with Crippen LogP contribution in [0.2, 0.25) is 0 Å². The summed E-state index contributed by atoms with van der Waals surface area (Å²) < 4.78 is 2.17. The third kappa shape index (κ3) is 2.66. The summed E-state index contributed by atoms with van der Waals surface area (Å²) >= 11 is 6.32. The first-order valence-electron chi connectivity index (χ1n) is 7.07. The molecule has 0 fully saturated rings. The quantitative estimate of drug-likeness (QED) is 0.671. The highest BCUT2D eigenvalue weighted by Crippen LogP contribution is 2.26. The number of hydrogen-bond acceptors (Lipinski definition) is 2. The van der Waals surface area contributed by atoms with Crippen LogP contribution in [0.3, 0.4) is 0 Å². The number of benzene rings is 1. The van der Waals surface area contributed by atoms with Gasteiger partial charge in [-0.1, -0.05) is 12.1 Å². The lowest BCUT2D eigenvalue weighted by molar-refractivity contribution is 0.723. The van der Waals surface area contributed by atoms with Crippen molar-refractivity contribution < 1.29 is 0 Å². The number of hydrogen-bond donors (Lipinski definition) is 0. The molecule has 0 saturated carbocycles. The maximum Gasteiger partial charge on any atom is 0.128 e. The molecule has 2 heterocycles. The van der Waals surface area contributed by atoms with Crippen LogP contribution in [0.1, 0.15) is 34.9 Å². The Hall–Kier alpha value is -1.87. The molecule has 4 heteroatoms. The highest BCUT2D eigenvalue weighted by Gasteiger charge is 2.16. The van der Waals surface area contributed by atoms with E-state index in [2.05, 4.69) is 47.7 Å². The van der Waals surface area contributed by atoms with Gasteiger partial charge < -0.3 is 4.57 Å². The molecule has 1 atom stereocenters. The van der Waals surface area contributed by atoms with Crippen molar-refractivity contribution in [2.45, 2.75) is 32.7 Å². The van der Waals surface area contributed by atoms with Gasteiger partial charge in [0.2, 0.25) is 0 Å². The maximum absolute atomic E-state index is 6.32. The van der Waals surface area contributed by atoms with E-state index < -0.39 is 0 Å². The average molecular weight is 300 g/mol. The zero-order valence-electron chi connectivity index (χ0n) is 12.5. The number of nitrogens with zero attached hydrogens (tertiary/aromatic N) is 3. The van der Waals surface area contributed by atoms with Gasteiger partial charge in [0.25, 0.3) is 0 Å². The largest absolute Gasteiger partial charge is 0.321 e. The van der Waals surface area contributed by atoms with Crippen molar-refractivity contribution in [1.82, 2.24) is 14.5 Å². The van der Waals surface area contributed by atoms with Crippen LogP contribution in [-0.2, 0) is 6.54 Å². The molecule has 21 heavy (non-hydrogen) atoms. The number of imidazole rings is 1. The van der Waals surface area contributed by atoms with Crippen LogP contribution in [0.5, 0.6) is 0 Å². The Kier molecular flexibility index (Phi) is 3.68. The predicted molar refractivity (Wildman–Crippen MR) is 86.8 cm³/mol. The fraction of sp³-hybridized carbons (Fsp3) is 0.294. The summed E-state index contributed by atoms with van der Waals surface area (Å²) in [4.78, 5) is 9.19. The summed E-state index contributed by atoms with van der Waals surface area (Å²) in [6.45, 7) is 6.80.